The Morgan fingerprint density at radius 2 is 1.79 bits per heavy atom. The van der Waals surface area contributed by atoms with E-state index in [9.17, 15) is 9.59 Å². The molecule has 0 bridgehead atoms. The first-order valence-corrected chi connectivity index (χ1v) is 9.79. The number of ether oxygens (including phenoxy) is 1. The Balaban J connectivity index is 1.67. The molecule has 29 heavy (non-hydrogen) atoms. The number of ketones is 1. The minimum atomic E-state index is -0.536. The van der Waals surface area contributed by atoms with Crippen molar-refractivity contribution in [2.45, 2.75) is 33.2 Å². The number of furan rings is 1. The van der Waals surface area contributed by atoms with E-state index in [2.05, 4.69) is 5.32 Å². The zero-order valence-corrected chi connectivity index (χ0v) is 16.7. The number of benzene rings is 2. The van der Waals surface area contributed by atoms with Crippen LogP contribution >= 0.6 is 0 Å². The summed E-state index contributed by atoms with van der Waals surface area (Å²) in [6.45, 7) is 4.21. The van der Waals surface area contributed by atoms with Crippen LogP contribution < -0.4 is 5.32 Å². The van der Waals surface area contributed by atoms with E-state index in [-0.39, 0.29) is 12.4 Å². The first-order chi connectivity index (χ1) is 14.1. The molecular weight excluding hydrogens is 366 g/mol. The van der Waals surface area contributed by atoms with Crippen molar-refractivity contribution in [3.05, 3.63) is 88.9 Å². The second-order valence-corrected chi connectivity index (χ2v) is 6.68. The van der Waals surface area contributed by atoms with Crippen molar-refractivity contribution in [2.75, 3.05) is 11.9 Å². The van der Waals surface area contributed by atoms with Gasteiger partial charge >= 0.3 is 5.97 Å². The third kappa shape index (κ3) is 5.13. The maximum atomic E-state index is 12.7. The molecule has 0 fully saturated rings. The molecule has 0 saturated carbocycles. The summed E-state index contributed by atoms with van der Waals surface area (Å²) in [4.78, 5) is 25.3. The number of esters is 1. The molecule has 0 atom stereocenters. The van der Waals surface area contributed by atoms with Gasteiger partial charge in [-0.2, -0.15) is 0 Å². The number of para-hydroxylation sites is 1. The third-order valence-electron chi connectivity index (χ3n) is 4.78. The number of carbonyl (C=O) groups excluding carboxylic acids is 2. The van der Waals surface area contributed by atoms with Crippen LogP contribution in [0.3, 0.4) is 0 Å². The van der Waals surface area contributed by atoms with Gasteiger partial charge in [-0.3, -0.25) is 4.79 Å². The second-order valence-electron chi connectivity index (χ2n) is 6.68. The van der Waals surface area contributed by atoms with Gasteiger partial charge in [0, 0.05) is 11.3 Å². The lowest BCUT2D eigenvalue weighted by molar-refractivity contribution is 0.0475. The Labute approximate surface area is 170 Å². The fraction of sp³-hybridized carbons (Fsp3) is 0.250. The van der Waals surface area contributed by atoms with Crippen molar-refractivity contribution < 1.29 is 18.7 Å². The summed E-state index contributed by atoms with van der Waals surface area (Å²) in [6.07, 6.45) is 3.19. The number of nitrogens with one attached hydrogen (secondary N) is 1. The summed E-state index contributed by atoms with van der Waals surface area (Å²) in [5, 5.41) is 3.17. The molecule has 0 radical (unpaired) electrons. The average Bonchev–Trinajstić information content (AvgIpc) is 3.29. The molecule has 0 spiro atoms. The van der Waals surface area contributed by atoms with Gasteiger partial charge < -0.3 is 14.5 Å². The maximum absolute atomic E-state index is 12.7. The van der Waals surface area contributed by atoms with Crippen molar-refractivity contribution in [3.8, 4) is 0 Å². The van der Waals surface area contributed by atoms with E-state index in [1.165, 1.54) is 0 Å². The van der Waals surface area contributed by atoms with Gasteiger partial charge in [0.25, 0.3) is 0 Å². The van der Waals surface area contributed by atoms with Gasteiger partial charge in [-0.25, -0.2) is 4.79 Å². The molecule has 3 aromatic rings. The lowest BCUT2D eigenvalue weighted by atomic mass is 9.98. The van der Waals surface area contributed by atoms with E-state index in [0.717, 1.165) is 29.7 Å². The van der Waals surface area contributed by atoms with Crippen LogP contribution in [0.5, 0.6) is 0 Å². The molecule has 1 aromatic heterocycles. The topological polar surface area (TPSA) is 68.5 Å². The van der Waals surface area contributed by atoms with Gasteiger partial charge in [0.2, 0.25) is 5.78 Å². The van der Waals surface area contributed by atoms with Crippen LogP contribution in [0.15, 0.2) is 65.3 Å². The molecule has 5 nitrogen and oxygen atoms in total. The van der Waals surface area contributed by atoms with Gasteiger partial charge in [-0.05, 0) is 54.3 Å². The number of carbonyl (C=O) groups is 2. The molecule has 5 heteroatoms. The Hall–Kier alpha value is -3.34. The van der Waals surface area contributed by atoms with Gasteiger partial charge in [0.15, 0.2) is 6.61 Å². The molecule has 150 valence electrons. The number of aryl methyl sites for hydroxylation is 2. The van der Waals surface area contributed by atoms with Crippen molar-refractivity contribution >= 4 is 17.4 Å². The summed E-state index contributed by atoms with van der Waals surface area (Å²) >= 11 is 0. The average molecular weight is 391 g/mol. The lowest BCUT2D eigenvalue weighted by Gasteiger charge is -2.12. The first kappa shape index (κ1) is 20.4. The lowest BCUT2D eigenvalue weighted by Crippen LogP contribution is -2.17. The SMILES string of the molecule is CCc1ccc(CC)c(C(=O)COC(=O)c2ccccc2NCc2ccco2)c1. The number of anilines is 1. The first-order valence-electron chi connectivity index (χ1n) is 9.79. The molecular formula is C24H25NO4. The fourth-order valence-electron chi connectivity index (χ4n) is 3.11. The smallest absolute Gasteiger partial charge is 0.340 e. The highest BCUT2D eigenvalue weighted by Gasteiger charge is 2.17. The molecule has 3 rings (SSSR count). The third-order valence-corrected chi connectivity index (χ3v) is 4.78. The zero-order chi connectivity index (χ0) is 20.6. The fourth-order valence-corrected chi connectivity index (χ4v) is 3.11. The summed E-state index contributed by atoms with van der Waals surface area (Å²) in [7, 11) is 0. The molecule has 0 amide bonds. The van der Waals surface area contributed by atoms with Crippen molar-refractivity contribution in [1.29, 1.82) is 0 Å². The van der Waals surface area contributed by atoms with E-state index in [4.69, 9.17) is 9.15 Å². The molecule has 0 aliphatic carbocycles. The quantitative estimate of drug-likeness (QED) is 0.408. The zero-order valence-electron chi connectivity index (χ0n) is 16.7. The van der Waals surface area contributed by atoms with E-state index in [1.807, 2.05) is 44.2 Å². The van der Waals surface area contributed by atoms with Crippen LogP contribution in [0.25, 0.3) is 0 Å². The van der Waals surface area contributed by atoms with Crippen molar-refractivity contribution in [3.63, 3.8) is 0 Å². The predicted octanol–water partition coefficient (Wildman–Crippen LogP) is 5.06. The number of hydrogen-bond acceptors (Lipinski definition) is 5. The van der Waals surface area contributed by atoms with Crippen LogP contribution in [0.1, 0.15) is 51.5 Å². The minimum Gasteiger partial charge on any atom is -0.467 e. The van der Waals surface area contributed by atoms with Gasteiger partial charge in [-0.1, -0.05) is 38.1 Å². The monoisotopic (exact) mass is 391 g/mol. The Kier molecular flexibility index (Phi) is 6.85. The van der Waals surface area contributed by atoms with E-state index < -0.39 is 5.97 Å². The number of rotatable bonds is 9. The normalized spacial score (nSPS) is 10.6. The van der Waals surface area contributed by atoms with Crippen LogP contribution in [0.2, 0.25) is 0 Å². The van der Waals surface area contributed by atoms with Gasteiger partial charge in [0.05, 0.1) is 18.4 Å². The Bertz CT molecular complexity index is 976. The highest BCUT2D eigenvalue weighted by molar-refractivity contribution is 6.01. The molecule has 0 unspecified atom stereocenters. The number of hydrogen-bond donors (Lipinski definition) is 1. The summed E-state index contributed by atoms with van der Waals surface area (Å²) in [5.41, 5.74) is 3.69. The maximum Gasteiger partial charge on any atom is 0.340 e. The molecule has 0 aliphatic heterocycles. The van der Waals surface area contributed by atoms with Crippen molar-refractivity contribution in [2.24, 2.45) is 0 Å². The molecule has 1 N–H and O–H groups in total. The molecule has 0 saturated heterocycles. The Morgan fingerprint density at radius 3 is 2.52 bits per heavy atom. The molecule has 0 aliphatic rings. The largest absolute Gasteiger partial charge is 0.467 e. The summed E-state index contributed by atoms with van der Waals surface area (Å²) in [5.74, 6) is 0.0309. The summed E-state index contributed by atoms with van der Waals surface area (Å²) < 4.78 is 10.6. The van der Waals surface area contributed by atoms with Crippen molar-refractivity contribution in [1.82, 2.24) is 0 Å². The van der Waals surface area contributed by atoms with E-state index >= 15 is 0 Å². The van der Waals surface area contributed by atoms with Gasteiger partial charge in [-0.15, -0.1) is 0 Å². The van der Waals surface area contributed by atoms with Gasteiger partial charge in [0.1, 0.15) is 5.76 Å². The predicted molar refractivity (Wildman–Crippen MR) is 112 cm³/mol. The molecule has 2 aromatic carbocycles. The Morgan fingerprint density at radius 1 is 0.966 bits per heavy atom. The van der Waals surface area contributed by atoms with Crippen LogP contribution in [-0.4, -0.2) is 18.4 Å². The van der Waals surface area contributed by atoms with E-state index in [0.29, 0.717) is 23.4 Å². The van der Waals surface area contributed by atoms with E-state index in [1.54, 1.807) is 30.5 Å². The summed E-state index contributed by atoms with van der Waals surface area (Å²) in [6, 6.07) is 16.6. The highest BCUT2D eigenvalue weighted by Crippen LogP contribution is 2.19. The standard InChI is InChI=1S/C24H25NO4/c1-3-17-11-12-18(4-2)21(14-17)23(26)16-29-24(27)20-9-5-6-10-22(20)25-15-19-8-7-13-28-19/h5-14,25H,3-4,15-16H2,1-2H3. The highest BCUT2D eigenvalue weighted by atomic mass is 16.5. The van der Waals surface area contributed by atoms with Crippen LogP contribution in [0, 0.1) is 0 Å². The molecule has 1 heterocycles. The number of Topliss-reactive ketones (excluding diaryl/α,β-unsaturated/α-hetero) is 1. The van der Waals surface area contributed by atoms with Crippen LogP contribution in [-0.2, 0) is 24.1 Å². The second kappa shape index (κ2) is 9.73. The van der Waals surface area contributed by atoms with Crippen LogP contribution in [0.4, 0.5) is 5.69 Å². The minimum absolute atomic E-state index is 0.188.